The molecule has 28 heavy (non-hydrogen) atoms. The van der Waals surface area contributed by atoms with Gasteiger partial charge in [0.25, 0.3) is 0 Å². The highest BCUT2D eigenvalue weighted by Crippen LogP contribution is 2.39. The second kappa shape index (κ2) is 7.61. The first-order valence-corrected chi connectivity index (χ1v) is 11.0. The molecule has 1 aliphatic carbocycles. The lowest BCUT2D eigenvalue weighted by atomic mass is 10.1. The Labute approximate surface area is 171 Å². The Balaban J connectivity index is 1.18. The van der Waals surface area contributed by atoms with Gasteiger partial charge in [-0.05, 0) is 49.2 Å². The Morgan fingerprint density at radius 1 is 1.14 bits per heavy atom. The number of benzene rings is 1. The van der Waals surface area contributed by atoms with Gasteiger partial charge in [-0.25, -0.2) is 4.68 Å². The van der Waals surface area contributed by atoms with E-state index in [2.05, 4.69) is 39.5 Å². The average Bonchev–Trinajstić information content (AvgIpc) is 3.37. The first-order chi connectivity index (χ1) is 13.7. The van der Waals surface area contributed by atoms with Gasteiger partial charge in [0.1, 0.15) is 11.6 Å². The molecule has 2 aliphatic heterocycles. The van der Waals surface area contributed by atoms with E-state index >= 15 is 0 Å². The maximum atomic E-state index is 5.69. The Morgan fingerprint density at radius 2 is 1.93 bits per heavy atom. The topological polar surface area (TPSA) is 38.5 Å². The predicted octanol–water partition coefficient (Wildman–Crippen LogP) is 3.02. The van der Waals surface area contributed by atoms with Crippen LogP contribution in [0.2, 0.25) is 0 Å². The number of aromatic nitrogens is 3. The fraction of sp³-hybridized carbons (Fsp3) is 0.619. The maximum absolute atomic E-state index is 5.69. The molecule has 3 aliphatic rings. The molecule has 2 aromatic rings. The summed E-state index contributed by atoms with van der Waals surface area (Å²) >= 11 is 5.69. The van der Waals surface area contributed by atoms with Crippen LogP contribution in [-0.4, -0.2) is 56.9 Å². The van der Waals surface area contributed by atoms with Crippen molar-refractivity contribution in [3.8, 4) is 5.75 Å². The molecule has 0 N–H and O–H groups in total. The summed E-state index contributed by atoms with van der Waals surface area (Å²) in [5.74, 6) is 2.91. The Bertz CT molecular complexity index is 908. The van der Waals surface area contributed by atoms with Crippen LogP contribution in [0.25, 0.3) is 0 Å². The van der Waals surface area contributed by atoms with Crippen LogP contribution in [0.4, 0.5) is 0 Å². The summed E-state index contributed by atoms with van der Waals surface area (Å²) in [6, 6.07) is 6.68. The predicted molar refractivity (Wildman–Crippen MR) is 111 cm³/mol. The molecule has 7 heteroatoms. The van der Waals surface area contributed by atoms with E-state index in [9.17, 15) is 0 Å². The summed E-state index contributed by atoms with van der Waals surface area (Å²) < 4.78 is 10.8. The molecular weight excluding hydrogens is 370 g/mol. The average molecular weight is 400 g/mol. The molecule has 3 heterocycles. The van der Waals surface area contributed by atoms with Gasteiger partial charge in [0, 0.05) is 51.6 Å². The number of nitrogens with zero attached hydrogens (tertiary/aromatic N) is 5. The molecule has 1 aromatic heterocycles. The molecule has 0 atom stereocenters. The molecule has 0 amide bonds. The fourth-order valence-electron chi connectivity index (χ4n) is 4.37. The molecule has 0 bridgehead atoms. The van der Waals surface area contributed by atoms with Gasteiger partial charge in [-0.3, -0.25) is 9.80 Å². The van der Waals surface area contributed by atoms with Crippen LogP contribution < -0.4 is 4.74 Å². The first-order valence-electron chi connectivity index (χ1n) is 10.6. The summed E-state index contributed by atoms with van der Waals surface area (Å²) in [6.45, 7) is 10.1. The van der Waals surface area contributed by atoms with Crippen molar-refractivity contribution in [2.24, 2.45) is 0 Å². The number of fused-ring (bicyclic) bond motifs is 1. The third kappa shape index (κ3) is 3.63. The van der Waals surface area contributed by atoms with Gasteiger partial charge in [0.2, 0.25) is 0 Å². The quantitative estimate of drug-likeness (QED) is 0.698. The minimum Gasteiger partial charge on any atom is -0.493 e. The Hall–Kier alpha value is -1.70. The fourth-order valence-corrected chi connectivity index (χ4v) is 4.69. The molecule has 0 unspecified atom stereocenters. The van der Waals surface area contributed by atoms with E-state index in [0.717, 1.165) is 69.5 Å². The zero-order valence-corrected chi connectivity index (χ0v) is 17.5. The zero-order valence-electron chi connectivity index (χ0n) is 16.6. The van der Waals surface area contributed by atoms with Crippen LogP contribution in [0.15, 0.2) is 18.2 Å². The largest absolute Gasteiger partial charge is 0.493 e. The van der Waals surface area contributed by atoms with Crippen molar-refractivity contribution >= 4 is 12.2 Å². The van der Waals surface area contributed by atoms with E-state index in [1.165, 1.54) is 29.8 Å². The van der Waals surface area contributed by atoms with Gasteiger partial charge in [-0.15, -0.1) is 0 Å². The van der Waals surface area contributed by atoms with E-state index in [-0.39, 0.29) is 0 Å². The van der Waals surface area contributed by atoms with Gasteiger partial charge < -0.3 is 9.30 Å². The van der Waals surface area contributed by atoms with E-state index in [4.69, 9.17) is 22.1 Å². The highest BCUT2D eigenvalue weighted by atomic mass is 32.1. The SMILES string of the molecule is CCn1c(C2CC2)nn(CN2CCN(Cc3ccc4c(c3)CCO4)CC2)c1=S. The number of piperazine rings is 1. The van der Waals surface area contributed by atoms with Crippen LogP contribution in [0.5, 0.6) is 5.75 Å². The maximum Gasteiger partial charge on any atom is 0.199 e. The molecule has 1 aromatic carbocycles. The summed E-state index contributed by atoms with van der Waals surface area (Å²) in [6.07, 6.45) is 3.57. The molecule has 2 fully saturated rings. The van der Waals surface area contributed by atoms with Crippen molar-refractivity contribution in [2.45, 2.75) is 51.9 Å². The van der Waals surface area contributed by atoms with Crippen LogP contribution >= 0.6 is 12.2 Å². The van der Waals surface area contributed by atoms with Crippen LogP contribution in [0.3, 0.4) is 0 Å². The number of hydrogen-bond donors (Lipinski definition) is 0. The molecule has 0 radical (unpaired) electrons. The summed E-state index contributed by atoms with van der Waals surface area (Å²) in [4.78, 5) is 5.03. The molecule has 6 nitrogen and oxygen atoms in total. The Kier molecular flexibility index (Phi) is 4.99. The first kappa shape index (κ1) is 18.3. The number of ether oxygens (including phenoxy) is 1. The number of hydrogen-bond acceptors (Lipinski definition) is 5. The van der Waals surface area contributed by atoms with Crippen molar-refractivity contribution in [3.05, 3.63) is 39.9 Å². The van der Waals surface area contributed by atoms with E-state index in [1.54, 1.807) is 0 Å². The lowest BCUT2D eigenvalue weighted by molar-refractivity contribution is 0.0979. The van der Waals surface area contributed by atoms with Crippen LogP contribution in [-0.2, 0) is 26.2 Å². The summed E-state index contributed by atoms with van der Waals surface area (Å²) in [5, 5.41) is 4.87. The second-order valence-electron chi connectivity index (χ2n) is 8.23. The molecule has 1 saturated heterocycles. The van der Waals surface area contributed by atoms with Gasteiger partial charge >= 0.3 is 0 Å². The highest BCUT2D eigenvalue weighted by Gasteiger charge is 2.30. The zero-order chi connectivity index (χ0) is 19.1. The monoisotopic (exact) mass is 399 g/mol. The smallest absolute Gasteiger partial charge is 0.199 e. The van der Waals surface area contributed by atoms with Crippen molar-refractivity contribution in [2.75, 3.05) is 32.8 Å². The second-order valence-corrected chi connectivity index (χ2v) is 8.60. The minimum absolute atomic E-state index is 0.637. The normalized spacial score (nSPS) is 20.3. The van der Waals surface area contributed by atoms with E-state index < -0.39 is 0 Å². The third-order valence-corrected chi connectivity index (χ3v) is 6.60. The lowest BCUT2D eigenvalue weighted by Gasteiger charge is -2.34. The van der Waals surface area contributed by atoms with E-state index in [1.807, 2.05) is 4.68 Å². The van der Waals surface area contributed by atoms with Gasteiger partial charge in [-0.2, -0.15) is 5.10 Å². The van der Waals surface area contributed by atoms with Crippen molar-refractivity contribution in [3.63, 3.8) is 0 Å². The number of rotatable bonds is 6. The molecular formula is C21H29N5OS. The molecule has 150 valence electrons. The van der Waals surface area contributed by atoms with Gasteiger partial charge in [-0.1, -0.05) is 12.1 Å². The van der Waals surface area contributed by atoms with E-state index in [0.29, 0.717) is 5.92 Å². The standard InChI is InChI=1S/C21H29N5OS/c1-2-25-20(17-4-5-17)22-26(21(25)28)15-24-10-8-23(9-11-24)14-16-3-6-19-18(13-16)7-12-27-19/h3,6,13,17H,2,4-5,7-12,14-15H2,1H3. The highest BCUT2D eigenvalue weighted by molar-refractivity contribution is 7.71. The molecule has 0 spiro atoms. The van der Waals surface area contributed by atoms with Crippen LogP contribution in [0.1, 0.15) is 42.6 Å². The van der Waals surface area contributed by atoms with Crippen molar-refractivity contribution in [1.82, 2.24) is 24.1 Å². The lowest BCUT2D eigenvalue weighted by Crippen LogP contribution is -2.46. The van der Waals surface area contributed by atoms with Gasteiger partial charge in [0.15, 0.2) is 4.77 Å². The van der Waals surface area contributed by atoms with Crippen molar-refractivity contribution < 1.29 is 4.74 Å². The summed E-state index contributed by atoms with van der Waals surface area (Å²) in [5.41, 5.74) is 2.76. The van der Waals surface area contributed by atoms with Crippen molar-refractivity contribution in [1.29, 1.82) is 0 Å². The summed E-state index contributed by atoms with van der Waals surface area (Å²) in [7, 11) is 0. The third-order valence-electron chi connectivity index (χ3n) is 6.17. The van der Waals surface area contributed by atoms with Gasteiger partial charge in [0.05, 0.1) is 13.3 Å². The minimum atomic E-state index is 0.637. The molecule has 1 saturated carbocycles. The Morgan fingerprint density at radius 3 is 2.68 bits per heavy atom. The molecule has 5 rings (SSSR count). The van der Waals surface area contributed by atoms with Crippen LogP contribution in [0, 0.1) is 4.77 Å².